The standard InChI is InChI=1S/C42H36N2O2S/c1-41(2)31-15-5-9-19-35(31)43(36-20-10-6-16-32(36)41)29-25-27-30(28-26-29)47(45,46)40-24-14-13-23-39(40)44-37-21-11-7-17-33(37)42(3,4)34-18-8-12-22-38(34)44/h5-28H,1-4H3. The molecule has 47 heavy (non-hydrogen) atoms. The van der Waals surface area contributed by atoms with Crippen molar-refractivity contribution in [3.8, 4) is 0 Å². The van der Waals surface area contributed by atoms with Crippen LogP contribution in [0.1, 0.15) is 49.9 Å². The average molecular weight is 633 g/mol. The van der Waals surface area contributed by atoms with Crippen LogP contribution in [0.25, 0.3) is 0 Å². The van der Waals surface area contributed by atoms with Gasteiger partial charge in [-0.3, -0.25) is 0 Å². The zero-order chi connectivity index (χ0) is 32.6. The molecule has 8 rings (SSSR count). The lowest BCUT2D eigenvalue weighted by Gasteiger charge is -2.42. The first kappa shape index (κ1) is 29.3. The highest BCUT2D eigenvalue weighted by Gasteiger charge is 2.39. The van der Waals surface area contributed by atoms with Crippen LogP contribution >= 0.6 is 0 Å². The lowest BCUT2D eigenvalue weighted by molar-refractivity contribution is 0.596. The lowest BCUT2D eigenvalue weighted by atomic mass is 9.73. The molecule has 0 saturated carbocycles. The SMILES string of the molecule is CC1(C)c2ccccc2N(c2ccc(S(=O)(=O)c3ccccc3N3c4ccccc4C(C)(C)c4ccccc43)cc2)c2ccccc21. The molecule has 0 spiro atoms. The largest absolute Gasteiger partial charge is 0.310 e. The minimum atomic E-state index is -3.90. The molecule has 2 heterocycles. The Morgan fingerprint density at radius 1 is 0.404 bits per heavy atom. The molecule has 0 atom stereocenters. The van der Waals surface area contributed by atoms with Crippen LogP contribution in [0, 0.1) is 0 Å². The zero-order valence-electron chi connectivity index (χ0n) is 27.0. The fourth-order valence-electron chi connectivity index (χ4n) is 7.65. The predicted molar refractivity (Wildman–Crippen MR) is 192 cm³/mol. The van der Waals surface area contributed by atoms with E-state index >= 15 is 0 Å². The van der Waals surface area contributed by atoms with Crippen molar-refractivity contribution in [2.45, 2.75) is 48.3 Å². The minimum absolute atomic E-state index is 0.169. The van der Waals surface area contributed by atoms with Gasteiger partial charge in [-0.1, -0.05) is 113 Å². The number of sulfone groups is 1. The highest BCUT2D eigenvalue weighted by molar-refractivity contribution is 7.91. The Kier molecular flexibility index (Phi) is 6.51. The molecule has 232 valence electrons. The van der Waals surface area contributed by atoms with Crippen molar-refractivity contribution >= 4 is 44.0 Å². The summed E-state index contributed by atoms with van der Waals surface area (Å²) in [5, 5.41) is 0. The maximum atomic E-state index is 14.6. The van der Waals surface area contributed by atoms with E-state index in [1.54, 1.807) is 24.3 Å². The molecule has 2 aliphatic rings. The molecule has 0 radical (unpaired) electrons. The Balaban J connectivity index is 1.24. The van der Waals surface area contributed by atoms with Crippen molar-refractivity contribution in [1.29, 1.82) is 0 Å². The fourth-order valence-corrected chi connectivity index (χ4v) is 9.09. The minimum Gasteiger partial charge on any atom is -0.310 e. The second kappa shape index (κ2) is 10.4. The molecule has 0 N–H and O–H groups in total. The Hall–Kier alpha value is -5.13. The van der Waals surface area contributed by atoms with E-state index in [9.17, 15) is 8.42 Å². The van der Waals surface area contributed by atoms with E-state index in [2.05, 4.69) is 122 Å². The quantitative estimate of drug-likeness (QED) is 0.194. The molecule has 0 fully saturated rings. The smallest absolute Gasteiger partial charge is 0.208 e. The van der Waals surface area contributed by atoms with Gasteiger partial charge in [-0.25, -0.2) is 8.42 Å². The topological polar surface area (TPSA) is 40.6 Å². The van der Waals surface area contributed by atoms with E-state index in [1.807, 2.05) is 36.4 Å². The Morgan fingerprint density at radius 2 is 0.745 bits per heavy atom. The Bertz CT molecular complexity index is 2190. The summed E-state index contributed by atoms with van der Waals surface area (Å²) >= 11 is 0. The van der Waals surface area contributed by atoms with E-state index in [0.717, 1.165) is 39.6 Å². The second-order valence-corrected chi connectivity index (χ2v) is 15.4. The summed E-state index contributed by atoms with van der Waals surface area (Å²) in [5.41, 5.74) is 10.1. The van der Waals surface area contributed by atoms with Gasteiger partial charge in [-0.15, -0.1) is 0 Å². The maximum Gasteiger partial charge on any atom is 0.208 e. The molecule has 0 unspecified atom stereocenters. The number of hydrogen-bond acceptors (Lipinski definition) is 4. The van der Waals surface area contributed by atoms with Crippen molar-refractivity contribution in [3.63, 3.8) is 0 Å². The van der Waals surface area contributed by atoms with E-state index in [0.29, 0.717) is 5.69 Å². The number of anilines is 6. The summed E-state index contributed by atoms with van der Waals surface area (Å²) in [7, 11) is -3.90. The molecule has 0 aliphatic carbocycles. The van der Waals surface area contributed by atoms with Crippen LogP contribution in [-0.4, -0.2) is 8.42 Å². The van der Waals surface area contributed by atoms with Gasteiger partial charge in [0.2, 0.25) is 9.84 Å². The number of rotatable bonds is 4. The van der Waals surface area contributed by atoms with E-state index in [-0.39, 0.29) is 20.6 Å². The molecule has 0 saturated heterocycles. The number of nitrogens with zero attached hydrogens (tertiary/aromatic N) is 2. The van der Waals surface area contributed by atoms with Crippen LogP contribution in [0.3, 0.4) is 0 Å². The summed E-state index contributed by atoms with van der Waals surface area (Å²) in [6.07, 6.45) is 0. The number of benzene rings is 6. The first-order valence-electron chi connectivity index (χ1n) is 16.0. The molecular weight excluding hydrogens is 597 g/mol. The summed E-state index contributed by atoms with van der Waals surface area (Å²) in [6.45, 7) is 8.98. The van der Waals surface area contributed by atoms with Crippen LogP contribution in [0.15, 0.2) is 155 Å². The number of fused-ring (bicyclic) bond motifs is 4. The molecule has 6 aromatic carbocycles. The predicted octanol–water partition coefficient (Wildman–Crippen LogP) is 10.7. The van der Waals surface area contributed by atoms with Gasteiger partial charge in [-0.2, -0.15) is 0 Å². The van der Waals surface area contributed by atoms with Crippen LogP contribution in [0.4, 0.5) is 34.1 Å². The zero-order valence-corrected chi connectivity index (χ0v) is 27.8. The lowest BCUT2D eigenvalue weighted by Crippen LogP contribution is -2.31. The fraction of sp³-hybridized carbons (Fsp3) is 0.143. The van der Waals surface area contributed by atoms with Crippen molar-refractivity contribution in [3.05, 3.63) is 168 Å². The van der Waals surface area contributed by atoms with Gasteiger partial charge in [0.05, 0.1) is 38.2 Å². The van der Waals surface area contributed by atoms with E-state index in [4.69, 9.17) is 0 Å². The first-order chi connectivity index (χ1) is 22.6. The molecule has 4 nitrogen and oxygen atoms in total. The van der Waals surface area contributed by atoms with Gasteiger partial charge in [-0.05, 0) is 82.9 Å². The van der Waals surface area contributed by atoms with Gasteiger partial charge < -0.3 is 9.80 Å². The maximum absolute atomic E-state index is 14.6. The van der Waals surface area contributed by atoms with Gasteiger partial charge >= 0.3 is 0 Å². The third-order valence-electron chi connectivity index (χ3n) is 10.1. The van der Waals surface area contributed by atoms with E-state index < -0.39 is 9.84 Å². The van der Waals surface area contributed by atoms with Gasteiger partial charge in [0, 0.05) is 16.5 Å². The number of hydrogen-bond donors (Lipinski definition) is 0. The second-order valence-electron chi connectivity index (χ2n) is 13.5. The van der Waals surface area contributed by atoms with Crippen LogP contribution in [-0.2, 0) is 20.7 Å². The third kappa shape index (κ3) is 4.30. The van der Waals surface area contributed by atoms with Crippen molar-refractivity contribution in [2.24, 2.45) is 0 Å². The van der Waals surface area contributed by atoms with Crippen LogP contribution in [0.5, 0.6) is 0 Å². The van der Waals surface area contributed by atoms with Gasteiger partial charge in [0.25, 0.3) is 0 Å². The molecule has 5 heteroatoms. The first-order valence-corrected chi connectivity index (χ1v) is 17.5. The molecule has 2 aliphatic heterocycles. The monoisotopic (exact) mass is 632 g/mol. The normalized spacial score (nSPS) is 15.7. The summed E-state index contributed by atoms with van der Waals surface area (Å²) in [4.78, 5) is 4.88. The van der Waals surface area contributed by atoms with Crippen molar-refractivity contribution in [2.75, 3.05) is 9.80 Å². The molecule has 0 aromatic heterocycles. The Morgan fingerprint density at radius 3 is 1.17 bits per heavy atom. The van der Waals surface area contributed by atoms with E-state index in [1.165, 1.54) is 11.1 Å². The number of para-hydroxylation sites is 5. The summed E-state index contributed by atoms with van der Waals surface area (Å²) in [5.74, 6) is 0. The van der Waals surface area contributed by atoms with Gasteiger partial charge in [0.1, 0.15) is 0 Å². The summed E-state index contributed by atoms with van der Waals surface area (Å²) < 4.78 is 29.2. The van der Waals surface area contributed by atoms with Crippen LogP contribution in [0.2, 0.25) is 0 Å². The van der Waals surface area contributed by atoms with Crippen molar-refractivity contribution < 1.29 is 8.42 Å². The molecule has 0 bridgehead atoms. The Labute approximate surface area is 277 Å². The van der Waals surface area contributed by atoms with Gasteiger partial charge in [0.15, 0.2) is 0 Å². The highest BCUT2D eigenvalue weighted by Crippen LogP contribution is 2.54. The molecular formula is C42H36N2O2S. The highest BCUT2D eigenvalue weighted by atomic mass is 32.2. The summed E-state index contributed by atoms with van der Waals surface area (Å²) in [6, 6.07) is 48.2. The molecule has 0 amide bonds. The van der Waals surface area contributed by atoms with Crippen LogP contribution < -0.4 is 9.80 Å². The average Bonchev–Trinajstić information content (AvgIpc) is 3.09. The third-order valence-corrected chi connectivity index (χ3v) is 11.9. The molecule has 6 aromatic rings. The van der Waals surface area contributed by atoms with Crippen molar-refractivity contribution in [1.82, 2.24) is 0 Å².